The van der Waals surface area contributed by atoms with Crippen LogP contribution < -0.4 is 0 Å². The zero-order valence-electron chi connectivity index (χ0n) is 9.69. The molecule has 1 amide bonds. The first-order valence-corrected chi connectivity index (χ1v) is 6.04. The minimum absolute atomic E-state index is 0.0288. The van der Waals surface area contributed by atoms with Crippen LogP contribution >= 0.6 is 23.2 Å². The molecule has 1 heterocycles. The second-order valence-corrected chi connectivity index (χ2v) is 4.38. The summed E-state index contributed by atoms with van der Waals surface area (Å²) in [6, 6.07) is 2.91. The van der Waals surface area contributed by atoms with E-state index in [1.807, 2.05) is 6.92 Å². The van der Waals surface area contributed by atoms with Crippen LogP contribution in [0.4, 0.5) is 0 Å². The molecule has 5 nitrogen and oxygen atoms in total. The molecule has 1 N–H and O–H groups in total. The van der Waals surface area contributed by atoms with Crippen molar-refractivity contribution in [1.29, 1.82) is 0 Å². The number of hydrogen-bond acceptors (Lipinski definition) is 3. The van der Waals surface area contributed by atoms with E-state index < -0.39 is 18.4 Å². The van der Waals surface area contributed by atoms with Crippen molar-refractivity contribution < 1.29 is 14.7 Å². The molecule has 1 rings (SSSR count). The van der Waals surface area contributed by atoms with Gasteiger partial charge in [-0.1, -0.05) is 30.1 Å². The number of pyridine rings is 1. The van der Waals surface area contributed by atoms with Gasteiger partial charge in [-0.05, 0) is 18.6 Å². The third kappa shape index (κ3) is 3.85. The molecule has 0 atom stereocenters. The van der Waals surface area contributed by atoms with Crippen molar-refractivity contribution in [2.75, 3.05) is 13.1 Å². The lowest BCUT2D eigenvalue weighted by molar-refractivity contribution is -0.137. The Labute approximate surface area is 114 Å². The molecule has 0 saturated carbocycles. The molecule has 0 aliphatic rings. The van der Waals surface area contributed by atoms with E-state index in [1.54, 1.807) is 0 Å². The summed E-state index contributed by atoms with van der Waals surface area (Å²) in [6.07, 6.45) is 0.636. The van der Waals surface area contributed by atoms with Crippen molar-refractivity contribution >= 4 is 35.1 Å². The lowest BCUT2D eigenvalue weighted by Gasteiger charge is -2.19. The lowest BCUT2D eigenvalue weighted by atomic mass is 10.3. The van der Waals surface area contributed by atoms with Crippen molar-refractivity contribution in [2.45, 2.75) is 13.3 Å². The number of aromatic nitrogens is 1. The highest BCUT2D eigenvalue weighted by Gasteiger charge is 2.21. The summed E-state index contributed by atoms with van der Waals surface area (Å²) in [7, 11) is 0. The Morgan fingerprint density at radius 1 is 1.39 bits per heavy atom. The van der Waals surface area contributed by atoms with Crippen LogP contribution in [-0.4, -0.2) is 40.0 Å². The van der Waals surface area contributed by atoms with Crippen molar-refractivity contribution in [1.82, 2.24) is 9.88 Å². The quantitative estimate of drug-likeness (QED) is 0.845. The largest absolute Gasteiger partial charge is 0.480 e. The van der Waals surface area contributed by atoms with Gasteiger partial charge in [-0.15, -0.1) is 0 Å². The normalized spacial score (nSPS) is 10.2. The Kier molecular flexibility index (Phi) is 5.37. The fourth-order valence-electron chi connectivity index (χ4n) is 1.40. The minimum atomic E-state index is -1.09. The number of aliphatic carboxylic acids is 1. The van der Waals surface area contributed by atoms with Crippen LogP contribution in [-0.2, 0) is 4.79 Å². The first kappa shape index (κ1) is 14.7. The van der Waals surface area contributed by atoms with Gasteiger partial charge >= 0.3 is 5.97 Å². The van der Waals surface area contributed by atoms with E-state index >= 15 is 0 Å². The van der Waals surface area contributed by atoms with Gasteiger partial charge in [-0.25, -0.2) is 4.98 Å². The third-order valence-corrected chi connectivity index (χ3v) is 2.64. The van der Waals surface area contributed by atoms with Crippen molar-refractivity contribution in [3.05, 3.63) is 28.0 Å². The van der Waals surface area contributed by atoms with Crippen LogP contribution in [0.3, 0.4) is 0 Å². The smallest absolute Gasteiger partial charge is 0.323 e. The van der Waals surface area contributed by atoms with Gasteiger partial charge < -0.3 is 10.0 Å². The average Bonchev–Trinajstić information content (AvgIpc) is 2.30. The van der Waals surface area contributed by atoms with Crippen molar-refractivity contribution in [3.63, 3.8) is 0 Å². The highest BCUT2D eigenvalue weighted by Crippen LogP contribution is 2.18. The number of carboxylic acids is 1. The van der Waals surface area contributed by atoms with Crippen molar-refractivity contribution in [3.8, 4) is 0 Å². The molecule has 98 valence electrons. The monoisotopic (exact) mass is 290 g/mol. The standard InChI is InChI=1S/C11H12Cl2N2O3/c1-2-5-15(6-9(16)17)11(18)10-7(12)3-4-8(13)14-10/h3-4H,2,5-6H2,1H3,(H,16,17). The molecule has 0 spiro atoms. The van der Waals surface area contributed by atoms with Crippen LogP contribution in [0.5, 0.6) is 0 Å². The minimum Gasteiger partial charge on any atom is -0.480 e. The van der Waals surface area contributed by atoms with E-state index in [-0.39, 0.29) is 15.9 Å². The number of halogens is 2. The summed E-state index contributed by atoms with van der Waals surface area (Å²) in [6.45, 7) is 1.77. The average molecular weight is 291 g/mol. The molecule has 0 aliphatic carbocycles. The van der Waals surface area contributed by atoms with Crippen LogP contribution in [0.1, 0.15) is 23.8 Å². The number of amides is 1. The SMILES string of the molecule is CCCN(CC(=O)O)C(=O)c1nc(Cl)ccc1Cl. The summed E-state index contributed by atoms with van der Waals surface area (Å²) in [4.78, 5) is 27.8. The van der Waals surface area contributed by atoms with E-state index in [0.29, 0.717) is 13.0 Å². The maximum Gasteiger partial charge on any atom is 0.323 e. The van der Waals surface area contributed by atoms with Crippen molar-refractivity contribution in [2.24, 2.45) is 0 Å². The third-order valence-electron chi connectivity index (χ3n) is 2.12. The number of carbonyl (C=O) groups excluding carboxylic acids is 1. The van der Waals surface area contributed by atoms with Crippen LogP contribution in [0, 0.1) is 0 Å². The first-order chi connectivity index (χ1) is 8.45. The maximum absolute atomic E-state index is 12.1. The Bertz CT molecular complexity index is 466. The number of carbonyl (C=O) groups is 2. The molecule has 7 heteroatoms. The maximum atomic E-state index is 12.1. The molecule has 0 radical (unpaired) electrons. The predicted octanol–water partition coefficient (Wildman–Crippen LogP) is 2.33. The highest BCUT2D eigenvalue weighted by atomic mass is 35.5. The molecule has 0 fully saturated rings. The zero-order chi connectivity index (χ0) is 13.7. The first-order valence-electron chi connectivity index (χ1n) is 5.28. The Morgan fingerprint density at radius 2 is 2.06 bits per heavy atom. The topological polar surface area (TPSA) is 70.5 Å². The van der Waals surface area contributed by atoms with E-state index in [4.69, 9.17) is 28.3 Å². The van der Waals surface area contributed by atoms with Gasteiger partial charge in [0, 0.05) is 6.54 Å². The fraction of sp³-hybridized carbons (Fsp3) is 0.364. The Hall–Kier alpha value is -1.33. The molecule has 0 aliphatic heterocycles. The van der Waals surface area contributed by atoms with E-state index in [9.17, 15) is 9.59 Å². The van der Waals surface area contributed by atoms with Gasteiger partial charge in [-0.2, -0.15) is 0 Å². The summed E-state index contributed by atoms with van der Waals surface area (Å²) >= 11 is 11.5. The van der Waals surface area contributed by atoms with Gasteiger partial charge in [0.25, 0.3) is 5.91 Å². The Balaban J connectivity index is 3.01. The molecule has 0 bridgehead atoms. The molecule has 0 saturated heterocycles. The summed E-state index contributed by atoms with van der Waals surface area (Å²) < 4.78 is 0. The van der Waals surface area contributed by atoms with Gasteiger partial charge in [-0.3, -0.25) is 9.59 Å². The van der Waals surface area contributed by atoms with E-state index in [1.165, 1.54) is 17.0 Å². The van der Waals surface area contributed by atoms with Crippen LogP contribution in [0.15, 0.2) is 12.1 Å². The van der Waals surface area contributed by atoms with E-state index in [0.717, 1.165) is 0 Å². The molecule has 0 unspecified atom stereocenters. The fourth-order valence-corrected chi connectivity index (χ4v) is 1.74. The summed E-state index contributed by atoms with van der Waals surface area (Å²) in [5.74, 6) is -1.62. The van der Waals surface area contributed by atoms with Gasteiger partial charge in [0.05, 0.1) is 5.02 Å². The van der Waals surface area contributed by atoms with Gasteiger partial charge in [0.1, 0.15) is 17.4 Å². The molecule has 0 aromatic carbocycles. The lowest BCUT2D eigenvalue weighted by Crippen LogP contribution is -2.36. The van der Waals surface area contributed by atoms with Gasteiger partial charge in [0.2, 0.25) is 0 Å². The second-order valence-electron chi connectivity index (χ2n) is 3.58. The summed E-state index contributed by atoms with van der Waals surface area (Å²) in [5.41, 5.74) is -0.0288. The highest BCUT2D eigenvalue weighted by molar-refractivity contribution is 6.34. The number of nitrogens with zero attached hydrogens (tertiary/aromatic N) is 2. The number of hydrogen-bond donors (Lipinski definition) is 1. The number of carboxylic acid groups (broad SMARTS) is 1. The van der Waals surface area contributed by atoms with Crippen LogP contribution in [0.25, 0.3) is 0 Å². The second kappa shape index (κ2) is 6.56. The number of rotatable bonds is 5. The van der Waals surface area contributed by atoms with Gasteiger partial charge in [0.15, 0.2) is 0 Å². The molecule has 1 aromatic rings. The zero-order valence-corrected chi connectivity index (χ0v) is 11.2. The molecule has 18 heavy (non-hydrogen) atoms. The summed E-state index contributed by atoms with van der Waals surface area (Å²) in [5, 5.41) is 9.04. The molecule has 1 aromatic heterocycles. The predicted molar refractivity (Wildman–Crippen MR) is 68.1 cm³/mol. The molecular formula is C11H12Cl2N2O3. The Morgan fingerprint density at radius 3 is 2.61 bits per heavy atom. The van der Waals surface area contributed by atoms with E-state index in [2.05, 4.69) is 4.98 Å². The van der Waals surface area contributed by atoms with Crippen LogP contribution in [0.2, 0.25) is 10.2 Å². The molecular weight excluding hydrogens is 279 g/mol.